The standard InChI is InChI=1S/C7H6ClN3/c8-6-5(9)4-2-1-3-10-7(4)11-6/h1-3H,9H2,(H,10,11). The molecule has 2 rings (SSSR count). The van der Waals surface area contributed by atoms with Crippen molar-refractivity contribution < 1.29 is 0 Å². The van der Waals surface area contributed by atoms with Crippen molar-refractivity contribution in [1.82, 2.24) is 9.97 Å². The molecule has 0 saturated heterocycles. The van der Waals surface area contributed by atoms with Crippen LogP contribution in [0.2, 0.25) is 5.15 Å². The molecule has 56 valence electrons. The maximum absolute atomic E-state index is 5.73. The van der Waals surface area contributed by atoms with E-state index < -0.39 is 0 Å². The van der Waals surface area contributed by atoms with Crippen LogP contribution in [0.3, 0.4) is 0 Å². The highest BCUT2D eigenvalue weighted by molar-refractivity contribution is 6.34. The van der Waals surface area contributed by atoms with Crippen molar-refractivity contribution in [3.8, 4) is 0 Å². The van der Waals surface area contributed by atoms with Gasteiger partial charge in [0.25, 0.3) is 0 Å². The van der Waals surface area contributed by atoms with Crippen molar-refractivity contribution in [3.05, 3.63) is 23.5 Å². The number of nitrogens with one attached hydrogen (secondary N) is 1. The second kappa shape index (κ2) is 2.13. The maximum atomic E-state index is 5.73. The quantitative estimate of drug-likeness (QED) is 0.629. The molecule has 0 amide bonds. The van der Waals surface area contributed by atoms with E-state index >= 15 is 0 Å². The molecule has 0 saturated carbocycles. The molecule has 0 fully saturated rings. The number of nitrogen functional groups attached to an aromatic ring is 1. The van der Waals surface area contributed by atoms with Crippen molar-refractivity contribution in [1.29, 1.82) is 0 Å². The van der Waals surface area contributed by atoms with E-state index in [1.165, 1.54) is 0 Å². The molecule has 0 unspecified atom stereocenters. The monoisotopic (exact) mass is 167 g/mol. The second-order valence-corrected chi connectivity index (χ2v) is 2.63. The minimum Gasteiger partial charge on any atom is -0.396 e. The molecule has 3 N–H and O–H groups in total. The number of anilines is 1. The van der Waals surface area contributed by atoms with Crippen LogP contribution < -0.4 is 5.73 Å². The Morgan fingerprint density at radius 2 is 2.36 bits per heavy atom. The molecule has 0 aliphatic heterocycles. The Morgan fingerprint density at radius 3 is 3.09 bits per heavy atom. The molecule has 0 aromatic carbocycles. The van der Waals surface area contributed by atoms with Crippen molar-refractivity contribution >= 4 is 28.3 Å². The summed E-state index contributed by atoms with van der Waals surface area (Å²) in [5, 5.41) is 1.33. The highest BCUT2D eigenvalue weighted by atomic mass is 35.5. The van der Waals surface area contributed by atoms with Crippen LogP contribution in [0.4, 0.5) is 5.69 Å². The molecule has 11 heavy (non-hydrogen) atoms. The Balaban J connectivity index is 2.92. The number of hydrogen-bond acceptors (Lipinski definition) is 2. The van der Waals surface area contributed by atoms with Gasteiger partial charge >= 0.3 is 0 Å². The molecule has 0 bridgehead atoms. The van der Waals surface area contributed by atoms with E-state index in [-0.39, 0.29) is 0 Å². The van der Waals surface area contributed by atoms with Gasteiger partial charge in [-0.25, -0.2) is 4.98 Å². The Kier molecular flexibility index (Phi) is 1.26. The molecule has 2 aromatic rings. The largest absolute Gasteiger partial charge is 0.396 e. The topological polar surface area (TPSA) is 54.7 Å². The summed E-state index contributed by atoms with van der Waals surface area (Å²) in [6, 6.07) is 3.70. The van der Waals surface area contributed by atoms with Gasteiger partial charge in [-0.3, -0.25) is 0 Å². The molecule has 0 atom stereocenters. The van der Waals surface area contributed by atoms with Crippen molar-refractivity contribution in [3.63, 3.8) is 0 Å². The summed E-state index contributed by atoms with van der Waals surface area (Å²) in [6.07, 6.45) is 1.69. The normalized spacial score (nSPS) is 10.6. The average Bonchev–Trinajstić information content (AvgIpc) is 2.30. The predicted octanol–water partition coefficient (Wildman–Crippen LogP) is 1.80. The second-order valence-electron chi connectivity index (χ2n) is 2.25. The molecule has 3 nitrogen and oxygen atoms in total. The average molecular weight is 168 g/mol. The van der Waals surface area contributed by atoms with Crippen LogP contribution in [0.15, 0.2) is 18.3 Å². The summed E-state index contributed by atoms with van der Waals surface area (Å²) in [4.78, 5) is 6.90. The third-order valence-electron chi connectivity index (χ3n) is 1.56. The van der Waals surface area contributed by atoms with Gasteiger partial charge in [0, 0.05) is 11.6 Å². The van der Waals surface area contributed by atoms with E-state index in [4.69, 9.17) is 17.3 Å². The van der Waals surface area contributed by atoms with Gasteiger partial charge in [-0.15, -0.1) is 0 Å². The van der Waals surface area contributed by atoms with E-state index in [0.717, 1.165) is 11.0 Å². The first-order valence-corrected chi connectivity index (χ1v) is 3.54. The van der Waals surface area contributed by atoms with Crippen LogP contribution in [-0.2, 0) is 0 Å². The molecular weight excluding hydrogens is 162 g/mol. The van der Waals surface area contributed by atoms with Crippen LogP contribution in [-0.4, -0.2) is 9.97 Å². The number of fused-ring (bicyclic) bond motifs is 1. The zero-order chi connectivity index (χ0) is 7.84. The first-order valence-electron chi connectivity index (χ1n) is 3.16. The Labute approximate surface area is 68.2 Å². The summed E-state index contributed by atoms with van der Waals surface area (Å²) in [5.74, 6) is 0. The summed E-state index contributed by atoms with van der Waals surface area (Å²) in [6.45, 7) is 0. The number of pyridine rings is 1. The highest BCUT2D eigenvalue weighted by Gasteiger charge is 2.04. The zero-order valence-electron chi connectivity index (χ0n) is 5.63. The fourth-order valence-electron chi connectivity index (χ4n) is 1.01. The van der Waals surface area contributed by atoms with E-state index in [1.54, 1.807) is 6.20 Å². The molecule has 2 heterocycles. The smallest absolute Gasteiger partial charge is 0.140 e. The van der Waals surface area contributed by atoms with Gasteiger partial charge in [0.05, 0.1) is 5.69 Å². The molecule has 0 aliphatic rings. The number of hydrogen-bond donors (Lipinski definition) is 2. The van der Waals surface area contributed by atoms with E-state index in [9.17, 15) is 0 Å². The summed E-state index contributed by atoms with van der Waals surface area (Å²) in [5.41, 5.74) is 6.93. The third kappa shape index (κ3) is 0.851. The SMILES string of the molecule is Nc1c(Cl)[nH]c2ncccc12. The fourth-order valence-corrected chi connectivity index (χ4v) is 1.20. The lowest BCUT2D eigenvalue weighted by atomic mass is 10.3. The number of aromatic amines is 1. The zero-order valence-corrected chi connectivity index (χ0v) is 6.39. The van der Waals surface area contributed by atoms with Gasteiger partial charge in [-0.2, -0.15) is 0 Å². The predicted molar refractivity (Wildman–Crippen MR) is 45.5 cm³/mol. The minimum atomic E-state index is 0.457. The molecule has 0 spiro atoms. The number of nitrogens with two attached hydrogens (primary N) is 1. The highest BCUT2D eigenvalue weighted by Crippen LogP contribution is 2.26. The molecule has 0 radical (unpaired) electrons. The summed E-state index contributed by atoms with van der Waals surface area (Å²) < 4.78 is 0. The first kappa shape index (κ1) is 6.49. The van der Waals surface area contributed by atoms with E-state index in [2.05, 4.69) is 9.97 Å². The van der Waals surface area contributed by atoms with Crippen molar-refractivity contribution in [2.75, 3.05) is 5.73 Å². The van der Waals surface area contributed by atoms with Crippen LogP contribution in [0.1, 0.15) is 0 Å². The summed E-state index contributed by atoms with van der Waals surface area (Å²) >= 11 is 5.73. The van der Waals surface area contributed by atoms with Crippen LogP contribution >= 0.6 is 11.6 Å². The first-order chi connectivity index (χ1) is 5.29. The van der Waals surface area contributed by atoms with Crippen molar-refractivity contribution in [2.45, 2.75) is 0 Å². The maximum Gasteiger partial charge on any atom is 0.140 e. The Bertz CT molecular complexity index is 393. The van der Waals surface area contributed by atoms with Gasteiger partial charge in [0.2, 0.25) is 0 Å². The Hall–Kier alpha value is -1.22. The van der Waals surface area contributed by atoms with Gasteiger partial charge < -0.3 is 10.7 Å². The number of halogens is 1. The number of rotatable bonds is 0. The van der Waals surface area contributed by atoms with Crippen LogP contribution in [0.5, 0.6) is 0 Å². The van der Waals surface area contributed by atoms with Gasteiger partial charge in [-0.05, 0) is 12.1 Å². The lowest BCUT2D eigenvalue weighted by molar-refractivity contribution is 1.33. The molecule has 2 aromatic heterocycles. The molecule has 4 heteroatoms. The number of nitrogens with zero attached hydrogens (tertiary/aromatic N) is 1. The minimum absolute atomic E-state index is 0.457. The van der Waals surface area contributed by atoms with Crippen LogP contribution in [0, 0.1) is 0 Å². The lowest BCUT2D eigenvalue weighted by Gasteiger charge is -1.86. The summed E-state index contributed by atoms with van der Waals surface area (Å²) in [7, 11) is 0. The van der Waals surface area contributed by atoms with E-state index in [1.807, 2.05) is 12.1 Å². The third-order valence-corrected chi connectivity index (χ3v) is 1.86. The van der Waals surface area contributed by atoms with Gasteiger partial charge in [0.1, 0.15) is 10.8 Å². The van der Waals surface area contributed by atoms with Gasteiger partial charge in [-0.1, -0.05) is 11.6 Å². The lowest BCUT2D eigenvalue weighted by Crippen LogP contribution is -1.81. The van der Waals surface area contributed by atoms with E-state index in [0.29, 0.717) is 10.8 Å². The van der Waals surface area contributed by atoms with Crippen LogP contribution in [0.25, 0.3) is 11.0 Å². The Morgan fingerprint density at radius 1 is 1.55 bits per heavy atom. The molecule has 0 aliphatic carbocycles. The molecular formula is C7H6ClN3. The fraction of sp³-hybridized carbons (Fsp3) is 0. The number of H-pyrrole nitrogens is 1. The van der Waals surface area contributed by atoms with Crippen molar-refractivity contribution in [2.24, 2.45) is 0 Å². The van der Waals surface area contributed by atoms with Gasteiger partial charge in [0.15, 0.2) is 0 Å². The number of aromatic nitrogens is 2.